The molecule has 1 aromatic carbocycles. The maximum Gasteiger partial charge on any atom is 0.573 e. The number of carbonyl (C=O) groups excluding carboxylic acids is 1. The number of benzene rings is 1. The molecule has 0 saturated carbocycles. The standard InChI is InChI=1S/C10H8BrF3O3/c1-5(11)9(16)6-2-3-7(15)8(4-6)17-10(12,13)14/h2-5,15H,1H3. The first-order valence-electron chi connectivity index (χ1n) is 4.48. The summed E-state index contributed by atoms with van der Waals surface area (Å²) in [6.45, 7) is 1.54. The first kappa shape index (κ1) is 13.8. The van der Waals surface area contributed by atoms with E-state index in [1.165, 1.54) is 6.07 Å². The minimum atomic E-state index is -4.92. The highest BCUT2D eigenvalue weighted by atomic mass is 79.9. The summed E-state index contributed by atoms with van der Waals surface area (Å²) in [6, 6.07) is 3.05. The minimum Gasteiger partial charge on any atom is -0.504 e. The van der Waals surface area contributed by atoms with Crippen molar-refractivity contribution >= 4 is 21.7 Å². The fraction of sp³-hybridized carbons (Fsp3) is 0.300. The van der Waals surface area contributed by atoms with Crippen LogP contribution in [0.4, 0.5) is 13.2 Å². The second-order valence-corrected chi connectivity index (χ2v) is 4.58. The van der Waals surface area contributed by atoms with Crippen LogP contribution in [-0.2, 0) is 0 Å². The topological polar surface area (TPSA) is 46.5 Å². The van der Waals surface area contributed by atoms with Crippen molar-refractivity contribution in [3.8, 4) is 11.5 Å². The van der Waals surface area contributed by atoms with Gasteiger partial charge in [0.1, 0.15) is 0 Å². The van der Waals surface area contributed by atoms with Gasteiger partial charge in [-0.2, -0.15) is 0 Å². The van der Waals surface area contributed by atoms with Crippen molar-refractivity contribution < 1.29 is 27.8 Å². The number of hydrogen-bond acceptors (Lipinski definition) is 3. The van der Waals surface area contributed by atoms with Gasteiger partial charge in [0.2, 0.25) is 0 Å². The van der Waals surface area contributed by atoms with Gasteiger partial charge in [0.05, 0.1) is 4.83 Å². The van der Waals surface area contributed by atoms with Crippen LogP contribution >= 0.6 is 15.9 Å². The van der Waals surface area contributed by atoms with E-state index in [2.05, 4.69) is 20.7 Å². The van der Waals surface area contributed by atoms with Gasteiger partial charge < -0.3 is 9.84 Å². The molecular weight excluding hydrogens is 305 g/mol. The molecule has 17 heavy (non-hydrogen) atoms. The van der Waals surface area contributed by atoms with E-state index < -0.39 is 28.5 Å². The summed E-state index contributed by atoms with van der Waals surface area (Å²) >= 11 is 3.01. The lowest BCUT2D eigenvalue weighted by atomic mass is 10.1. The fourth-order valence-corrected chi connectivity index (χ4v) is 1.37. The van der Waals surface area contributed by atoms with Gasteiger partial charge in [-0.25, -0.2) is 0 Å². The number of carbonyl (C=O) groups is 1. The summed E-state index contributed by atoms with van der Waals surface area (Å²) in [5.74, 6) is -1.88. The molecule has 0 aliphatic heterocycles. The highest BCUT2D eigenvalue weighted by Gasteiger charge is 2.32. The molecule has 1 N–H and O–H groups in total. The molecule has 0 spiro atoms. The lowest BCUT2D eigenvalue weighted by molar-refractivity contribution is -0.275. The summed E-state index contributed by atoms with van der Waals surface area (Å²) in [5, 5.41) is 9.17. The molecule has 7 heteroatoms. The average molecular weight is 313 g/mol. The number of hydrogen-bond donors (Lipinski definition) is 1. The van der Waals surface area contributed by atoms with E-state index in [1.807, 2.05) is 0 Å². The average Bonchev–Trinajstić information content (AvgIpc) is 2.18. The van der Waals surface area contributed by atoms with E-state index in [0.29, 0.717) is 0 Å². The van der Waals surface area contributed by atoms with Crippen molar-refractivity contribution in [2.75, 3.05) is 0 Å². The van der Waals surface area contributed by atoms with Crippen LogP contribution in [0.3, 0.4) is 0 Å². The Hall–Kier alpha value is -1.24. The Kier molecular flexibility index (Phi) is 4.03. The molecule has 0 heterocycles. The van der Waals surface area contributed by atoms with Gasteiger partial charge in [-0.1, -0.05) is 15.9 Å². The molecule has 1 unspecified atom stereocenters. The Bertz CT molecular complexity index is 429. The molecule has 0 fully saturated rings. The first-order chi connectivity index (χ1) is 7.70. The Morgan fingerprint density at radius 1 is 1.47 bits per heavy atom. The van der Waals surface area contributed by atoms with E-state index in [-0.39, 0.29) is 5.56 Å². The summed E-state index contributed by atoms with van der Waals surface area (Å²) < 4.78 is 39.5. The third-order valence-electron chi connectivity index (χ3n) is 1.83. The molecule has 0 aliphatic carbocycles. The quantitative estimate of drug-likeness (QED) is 0.688. The molecule has 1 aromatic rings. The lowest BCUT2D eigenvalue weighted by Crippen LogP contribution is -2.18. The molecule has 1 rings (SSSR count). The van der Waals surface area contributed by atoms with Crippen LogP contribution in [0.15, 0.2) is 18.2 Å². The monoisotopic (exact) mass is 312 g/mol. The molecule has 1 atom stereocenters. The number of Topliss-reactive ketones (excluding diaryl/α,β-unsaturated/α-hetero) is 1. The van der Waals surface area contributed by atoms with Gasteiger partial charge in [0.15, 0.2) is 17.3 Å². The van der Waals surface area contributed by atoms with Gasteiger partial charge in [-0.15, -0.1) is 13.2 Å². The molecule has 0 aromatic heterocycles. The van der Waals surface area contributed by atoms with Gasteiger partial charge >= 0.3 is 6.36 Å². The van der Waals surface area contributed by atoms with Crippen LogP contribution in [0.5, 0.6) is 11.5 Å². The Morgan fingerprint density at radius 3 is 2.53 bits per heavy atom. The predicted octanol–water partition coefficient (Wildman–Crippen LogP) is 3.26. The van der Waals surface area contributed by atoms with Gasteiger partial charge in [-0.05, 0) is 25.1 Å². The van der Waals surface area contributed by atoms with Crippen molar-refractivity contribution in [3.63, 3.8) is 0 Å². The molecule has 94 valence electrons. The fourth-order valence-electron chi connectivity index (χ4n) is 1.10. The first-order valence-corrected chi connectivity index (χ1v) is 5.39. The van der Waals surface area contributed by atoms with Crippen LogP contribution in [-0.4, -0.2) is 22.1 Å². The normalized spacial score (nSPS) is 13.2. The number of alkyl halides is 4. The number of halogens is 4. The van der Waals surface area contributed by atoms with Gasteiger partial charge in [0.25, 0.3) is 0 Å². The van der Waals surface area contributed by atoms with Crippen molar-refractivity contribution in [1.29, 1.82) is 0 Å². The van der Waals surface area contributed by atoms with Crippen LogP contribution in [0.2, 0.25) is 0 Å². The molecule has 0 saturated heterocycles. The third-order valence-corrected chi connectivity index (χ3v) is 2.25. The molecule has 0 bridgehead atoms. The lowest BCUT2D eigenvalue weighted by Gasteiger charge is -2.11. The number of ether oxygens (including phenoxy) is 1. The summed E-state index contributed by atoms with van der Waals surface area (Å²) in [4.78, 5) is 11.0. The Morgan fingerprint density at radius 2 is 2.06 bits per heavy atom. The summed E-state index contributed by atoms with van der Waals surface area (Å²) in [5.41, 5.74) is 0.0198. The second-order valence-electron chi connectivity index (χ2n) is 3.21. The van der Waals surface area contributed by atoms with E-state index in [4.69, 9.17) is 0 Å². The van der Waals surface area contributed by atoms with Gasteiger partial charge in [0, 0.05) is 5.56 Å². The Balaban J connectivity index is 3.07. The predicted molar refractivity (Wildman–Crippen MR) is 57.5 cm³/mol. The highest BCUT2D eigenvalue weighted by Crippen LogP contribution is 2.32. The molecule has 3 nitrogen and oxygen atoms in total. The Labute approximate surface area is 103 Å². The summed E-state index contributed by atoms with van der Waals surface area (Å²) in [6.07, 6.45) is -4.92. The maximum absolute atomic E-state index is 12.0. The molecule has 0 amide bonds. The van der Waals surface area contributed by atoms with E-state index >= 15 is 0 Å². The molecular formula is C10H8BrF3O3. The number of ketones is 1. The number of phenols is 1. The molecule has 0 aliphatic rings. The SMILES string of the molecule is CC(Br)C(=O)c1ccc(O)c(OC(F)(F)F)c1. The van der Waals surface area contributed by atoms with Crippen molar-refractivity contribution in [3.05, 3.63) is 23.8 Å². The number of aromatic hydroxyl groups is 1. The number of rotatable bonds is 3. The zero-order valence-corrected chi connectivity index (χ0v) is 10.2. The maximum atomic E-state index is 12.0. The van der Waals surface area contributed by atoms with Crippen LogP contribution in [0.25, 0.3) is 0 Å². The minimum absolute atomic E-state index is 0.0198. The molecule has 0 radical (unpaired) electrons. The second kappa shape index (κ2) is 4.95. The highest BCUT2D eigenvalue weighted by molar-refractivity contribution is 9.10. The van der Waals surface area contributed by atoms with Crippen LogP contribution in [0.1, 0.15) is 17.3 Å². The zero-order valence-electron chi connectivity index (χ0n) is 8.58. The third kappa shape index (κ3) is 3.92. The van der Waals surface area contributed by atoms with E-state index in [1.54, 1.807) is 6.92 Å². The number of phenolic OH excluding ortho intramolecular Hbond substituents is 1. The largest absolute Gasteiger partial charge is 0.573 e. The zero-order chi connectivity index (χ0) is 13.2. The van der Waals surface area contributed by atoms with Crippen LogP contribution < -0.4 is 4.74 Å². The van der Waals surface area contributed by atoms with Gasteiger partial charge in [-0.3, -0.25) is 4.79 Å². The van der Waals surface area contributed by atoms with Crippen molar-refractivity contribution in [1.82, 2.24) is 0 Å². The van der Waals surface area contributed by atoms with E-state index in [0.717, 1.165) is 12.1 Å². The van der Waals surface area contributed by atoms with E-state index in [9.17, 15) is 23.1 Å². The van der Waals surface area contributed by atoms with Crippen molar-refractivity contribution in [2.24, 2.45) is 0 Å². The smallest absolute Gasteiger partial charge is 0.504 e. The van der Waals surface area contributed by atoms with Crippen LogP contribution in [0, 0.1) is 0 Å². The van der Waals surface area contributed by atoms with Crippen molar-refractivity contribution in [2.45, 2.75) is 18.1 Å². The summed E-state index contributed by atoms with van der Waals surface area (Å²) in [7, 11) is 0.